The summed E-state index contributed by atoms with van der Waals surface area (Å²) in [6.45, 7) is 5.33. The largest absolute Gasteiger partial charge is 0.478 e. The molecule has 142 valence electrons. The summed E-state index contributed by atoms with van der Waals surface area (Å²) in [4.78, 5) is 5.07. The predicted molar refractivity (Wildman–Crippen MR) is 117 cm³/mol. The summed E-state index contributed by atoms with van der Waals surface area (Å²) in [7, 11) is -0.401. The molecule has 1 heterocycles. The molecule has 4 atom stereocenters. The summed E-state index contributed by atoms with van der Waals surface area (Å²) in [6.07, 6.45) is 4.94. The van der Waals surface area contributed by atoms with Crippen molar-refractivity contribution in [3.05, 3.63) is 60.7 Å². The van der Waals surface area contributed by atoms with Crippen LogP contribution >= 0.6 is 7.92 Å². The summed E-state index contributed by atoms with van der Waals surface area (Å²) in [5, 5.41) is 2.96. The van der Waals surface area contributed by atoms with Gasteiger partial charge in [0.15, 0.2) is 5.90 Å². The van der Waals surface area contributed by atoms with Crippen molar-refractivity contribution in [1.82, 2.24) is 0 Å². The maximum absolute atomic E-state index is 6.18. The molecule has 0 radical (unpaired) electrons. The van der Waals surface area contributed by atoms with Crippen molar-refractivity contribution in [3.8, 4) is 0 Å². The number of ether oxygens (including phenoxy) is 1. The zero-order chi connectivity index (χ0) is 18.6. The van der Waals surface area contributed by atoms with Gasteiger partial charge < -0.3 is 4.74 Å². The molecule has 2 nitrogen and oxygen atoms in total. The molecular formula is C24H30NOP. The molecule has 4 rings (SSSR count). The molecule has 0 N–H and O–H groups in total. The van der Waals surface area contributed by atoms with Crippen LogP contribution in [0.3, 0.4) is 0 Å². The van der Waals surface area contributed by atoms with Gasteiger partial charge in [0.05, 0.1) is 6.04 Å². The first-order valence-electron chi connectivity index (χ1n) is 10.4. The first-order valence-corrected chi connectivity index (χ1v) is 11.8. The fourth-order valence-corrected chi connectivity index (χ4v) is 7.55. The van der Waals surface area contributed by atoms with E-state index in [4.69, 9.17) is 9.73 Å². The van der Waals surface area contributed by atoms with Gasteiger partial charge in [-0.3, -0.25) is 0 Å². The first-order chi connectivity index (χ1) is 13.3. The Bertz CT molecular complexity index is 721. The van der Waals surface area contributed by atoms with Crippen molar-refractivity contribution in [2.45, 2.75) is 51.2 Å². The van der Waals surface area contributed by atoms with Gasteiger partial charge in [0.1, 0.15) is 6.61 Å². The minimum atomic E-state index is -0.401. The quantitative estimate of drug-likeness (QED) is 0.638. The summed E-state index contributed by atoms with van der Waals surface area (Å²) in [5.41, 5.74) is 0.624. The monoisotopic (exact) mass is 379 g/mol. The van der Waals surface area contributed by atoms with Gasteiger partial charge in [0.2, 0.25) is 0 Å². The number of aliphatic imine (C=N–C) groups is 1. The van der Waals surface area contributed by atoms with E-state index in [1.54, 1.807) is 0 Å². The van der Waals surface area contributed by atoms with E-state index in [2.05, 4.69) is 74.5 Å². The van der Waals surface area contributed by atoms with E-state index < -0.39 is 7.92 Å². The van der Waals surface area contributed by atoms with Crippen LogP contribution in [0.25, 0.3) is 0 Å². The van der Waals surface area contributed by atoms with Crippen molar-refractivity contribution in [1.29, 1.82) is 0 Å². The van der Waals surface area contributed by atoms with Crippen LogP contribution in [0, 0.1) is 11.8 Å². The maximum Gasteiger partial charge on any atom is 0.187 e. The second kappa shape index (κ2) is 8.57. The molecule has 1 aliphatic carbocycles. The number of rotatable bonds is 6. The zero-order valence-electron chi connectivity index (χ0n) is 16.4. The molecule has 2 aromatic rings. The maximum atomic E-state index is 6.18. The minimum absolute atomic E-state index is 0.353. The molecule has 0 spiro atoms. The second-order valence-corrected chi connectivity index (χ2v) is 10.3. The van der Waals surface area contributed by atoms with Gasteiger partial charge in [-0.25, -0.2) is 4.99 Å². The van der Waals surface area contributed by atoms with Gasteiger partial charge in [-0.15, -0.1) is 0 Å². The highest BCUT2D eigenvalue weighted by Gasteiger charge is 2.41. The Labute approximate surface area is 164 Å². The predicted octanol–water partition coefficient (Wildman–Crippen LogP) is 5.13. The molecule has 0 bridgehead atoms. The lowest BCUT2D eigenvalue weighted by Crippen LogP contribution is -2.29. The normalized spacial score (nSPS) is 26.0. The highest BCUT2D eigenvalue weighted by Crippen LogP contribution is 2.51. The van der Waals surface area contributed by atoms with Crippen molar-refractivity contribution in [2.75, 3.05) is 6.61 Å². The van der Waals surface area contributed by atoms with Crippen LogP contribution in [0.5, 0.6) is 0 Å². The van der Waals surface area contributed by atoms with Crippen LogP contribution in [0.2, 0.25) is 0 Å². The Morgan fingerprint density at radius 1 is 1.00 bits per heavy atom. The van der Waals surface area contributed by atoms with Gasteiger partial charge >= 0.3 is 0 Å². The minimum Gasteiger partial charge on any atom is -0.478 e. The molecule has 0 saturated heterocycles. The van der Waals surface area contributed by atoms with Crippen LogP contribution in [0.15, 0.2) is 65.7 Å². The molecule has 2 aliphatic rings. The lowest BCUT2D eigenvalue weighted by Gasteiger charge is -2.29. The Hall–Kier alpha value is -1.66. The lowest BCUT2D eigenvalue weighted by molar-refractivity contribution is 0.269. The first kappa shape index (κ1) is 18.7. The molecule has 0 amide bonds. The van der Waals surface area contributed by atoms with E-state index in [0.29, 0.717) is 23.5 Å². The van der Waals surface area contributed by atoms with E-state index in [1.807, 2.05) is 0 Å². The van der Waals surface area contributed by atoms with Gasteiger partial charge in [-0.1, -0.05) is 87.4 Å². The van der Waals surface area contributed by atoms with Crippen molar-refractivity contribution < 1.29 is 4.74 Å². The SMILES string of the molecule is CCC(C)[C@@H]1COC(C2CCC[C@H]2P(c2ccccc2)c2ccccc2)=N1. The molecule has 2 aromatic carbocycles. The topological polar surface area (TPSA) is 21.6 Å². The molecule has 3 heteroatoms. The smallest absolute Gasteiger partial charge is 0.187 e. The van der Waals surface area contributed by atoms with E-state index in [-0.39, 0.29) is 0 Å². The van der Waals surface area contributed by atoms with Crippen molar-refractivity contribution in [3.63, 3.8) is 0 Å². The van der Waals surface area contributed by atoms with Gasteiger partial charge in [-0.05, 0) is 42.9 Å². The number of nitrogens with zero attached hydrogens (tertiary/aromatic N) is 1. The second-order valence-electron chi connectivity index (χ2n) is 7.88. The molecule has 1 aliphatic heterocycles. The lowest BCUT2D eigenvalue weighted by atomic mass is 10.0. The van der Waals surface area contributed by atoms with Crippen LogP contribution in [0.4, 0.5) is 0 Å². The molecule has 0 aromatic heterocycles. The van der Waals surface area contributed by atoms with E-state index in [9.17, 15) is 0 Å². The standard InChI is InChI=1S/C24H30NOP/c1-3-18(2)22-17-26-24(25-22)21-15-10-16-23(21)27(19-11-6-4-7-12-19)20-13-8-5-9-14-20/h4-9,11-14,18,21-23H,3,10,15-17H2,1-2H3/t18?,21?,22-,23+/m0/s1. The van der Waals surface area contributed by atoms with Crippen LogP contribution in [0.1, 0.15) is 39.5 Å². The zero-order valence-corrected chi connectivity index (χ0v) is 17.3. The molecule has 1 saturated carbocycles. The average Bonchev–Trinajstić information content (AvgIpc) is 3.39. The number of hydrogen-bond donors (Lipinski definition) is 0. The van der Waals surface area contributed by atoms with Gasteiger partial charge in [-0.2, -0.15) is 0 Å². The third kappa shape index (κ3) is 3.97. The Morgan fingerprint density at radius 3 is 2.22 bits per heavy atom. The van der Waals surface area contributed by atoms with E-state index >= 15 is 0 Å². The fourth-order valence-electron chi connectivity index (χ4n) is 4.42. The van der Waals surface area contributed by atoms with Crippen LogP contribution in [-0.2, 0) is 4.74 Å². The fraction of sp³-hybridized carbons (Fsp3) is 0.458. The number of benzene rings is 2. The third-order valence-electron chi connectivity index (χ3n) is 6.19. The summed E-state index contributed by atoms with van der Waals surface area (Å²) in [5.74, 6) is 2.14. The Kier molecular flexibility index (Phi) is 5.93. The van der Waals surface area contributed by atoms with E-state index in [1.165, 1.54) is 36.3 Å². The van der Waals surface area contributed by atoms with E-state index in [0.717, 1.165) is 12.5 Å². The molecule has 2 unspecified atom stereocenters. The van der Waals surface area contributed by atoms with Crippen molar-refractivity contribution >= 4 is 24.4 Å². The van der Waals surface area contributed by atoms with Crippen LogP contribution < -0.4 is 10.6 Å². The molecule has 1 fully saturated rings. The Balaban J connectivity index is 1.66. The van der Waals surface area contributed by atoms with Crippen molar-refractivity contribution in [2.24, 2.45) is 16.8 Å². The summed E-state index contributed by atoms with van der Waals surface area (Å²) in [6, 6.07) is 22.6. The molecular weight excluding hydrogens is 349 g/mol. The van der Waals surface area contributed by atoms with Crippen LogP contribution in [-0.4, -0.2) is 24.2 Å². The Morgan fingerprint density at radius 2 is 1.63 bits per heavy atom. The third-order valence-corrected chi connectivity index (χ3v) is 9.18. The average molecular weight is 379 g/mol. The van der Waals surface area contributed by atoms with Gasteiger partial charge in [0.25, 0.3) is 0 Å². The summed E-state index contributed by atoms with van der Waals surface area (Å²) < 4.78 is 6.18. The van der Waals surface area contributed by atoms with Gasteiger partial charge in [0, 0.05) is 5.92 Å². The summed E-state index contributed by atoms with van der Waals surface area (Å²) >= 11 is 0. The highest BCUT2D eigenvalue weighted by molar-refractivity contribution is 7.73. The highest BCUT2D eigenvalue weighted by atomic mass is 31.1. The molecule has 27 heavy (non-hydrogen) atoms. The number of hydrogen-bond acceptors (Lipinski definition) is 2.